The SMILES string of the molecule is Cc1noc(CNC(=O)Nc2ccc(CC(=O)O)cc2)n1. The molecule has 0 spiro atoms. The molecule has 2 rings (SSSR count). The van der Waals surface area contributed by atoms with Gasteiger partial charge in [-0.1, -0.05) is 17.3 Å². The molecule has 2 amide bonds. The topological polar surface area (TPSA) is 117 Å². The molecular weight excluding hydrogens is 276 g/mol. The van der Waals surface area contributed by atoms with Gasteiger partial charge in [-0.2, -0.15) is 4.98 Å². The Bertz CT molecular complexity index is 636. The minimum atomic E-state index is -0.900. The molecule has 0 aliphatic rings. The van der Waals surface area contributed by atoms with Gasteiger partial charge in [0.15, 0.2) is 5.82 Å². The highest BCUT2D eigenvalue weighted by Gasteiger charge is 2.06. The molecule has 1 aromatic carbocycles. The van der Waals surface area contributed by atoms with Crippen molar-refractivity contribution < 1.29 is 19.2 Å². The standard InChI is InChI=1S/C13H14N4O4/c1-8-15-11(21-17-8)7-14-13(20)16-10-4-2-9(3-5-10)6-12(18)19/h2-5H,6-7H2,1H3,(H,18,19)(H2,14,16,20). The first-order valence-corrected chi connectivity index (χ1v) is 6.17. The quantitative estimate of drug-likeness (QED) is 0.764. The molecule has 110 valence electrons. The smallest absolute Gasteiger partial charge is 0.319 e. The fraction of sp³-hybridized carbons (Fsp3) is 0.231. The number of nitrogens with one attached hydrogen (secondary N) is 2. The van der Waals surface area contributed by atoms with Crippen LogP contribution in [0.3, 0.4) is 0 Å². The van der Waals surface area contributed by atoms with E-state index in [1.54, 1.807) is 31.2 Å². The molecule has 0 bridgehead atoms. The number of hydrogen-bond acceptors (Lipinski definition) is 5. The van der Waals surface area contributed by atoms with Crippen molar-refractivity contribution in [1.29, 1.82) is 0 Å². The number of urea groups is 1. The van der Waals surface area contributed by atoms with Crippen LogP contribution in [0.5, 0.6) is 0 Å². The third-order valence-electron chi connectivity index (χ3n) is 2.54. The number of carboxylic acid groups (broad SMARTS) is 1. The number of nitrogens with zero attached hydrogens (tertiary/aromatic N) is 2. The third kappa shape index (κ3) is 4.60. The summed E-state index contributed by atoms with van der Waals surface area (Å²) in [6.07, 6.45) is -0.0526. The Kier molecular flexibility index (Phi) is 4.50. The Balaban J connectivity index is 1.83. The molecule has 0 saturated heterocycles. The molecule has 0 radical (unpaired) electrons. The summed E-state index contributed by atoms with van der Waals surface area (Å²) >= 11 is 0. The Morgan fingerprint density at radius 3 is 2.57 bits per heavy atom. The van der Waals surface area contributed by atoms with Crippen molar-refractivity contribution >= 4 is 17.7 Å². The van der Waals surface area contributed by atoms with Crippen molar-refractivity contribution in [3.63, 3.8) is 0 Å². The molecule has 0 saturated carbocycles. The average molecular weight is 290 g/mol. The molecule has 2 aromatic rings. The first-order chi connectivity index (χ1) is 10.0. The second-order valence-corrected chi connectivity index (χ2v) is 4.31. The fourth-order valence-corrected chi connectivity index (χ4v) is 1.62. The Morgan fingerprint density at radius 2 is 2.00 bits per heavy atom. The van der Waals surface area contributed by atoms with E-state index in [-0.39, 0.29) is 13.0 Å². The number of carbonyl (C=O) groups is 2. The largest absolute Gasteiger partial charge is 0.481 e. The Morgan fingerprint density at radius 1 is 1.29 bits per heavy atom. The van der Waals surface area contributed by atoms with Gasteiger partial charge in [0.2, 0.25) is 5.89 Å². The van der Waals surface area contributed by atoms with E-state index < -0.39 is 12.0 Å². The minimum absolute atomic E-state index is 0.0526. The first-order valence-electron chi connectivity index (χ1n) is 6.17. The van der Waals surface area contributed by atoms with Gasteiger partial charge in [0, 0.05) is 5.69 Å². The predicted molar refractivity (Wildman–Crippen MR) is 72.7 cm³/mol. The van der Waals surface area contributed by atoms with Crippen LogP contribution >= 0.6 is 0 Å². The van der Waals surface area contributed by atoms with Crippen LogP contribution in [0.4, 0.5) is 10.5 Å². The van der Waals surface area contributed by atoms with Gasteiger partial charge in [-0.3, -0.25) is 4.79 Å². The van der Waals surface area contributed by atoms with Crippen molar-refractivity contribution in [1.82, 2.24) is 15.5 Å². The van der Waals surface area contributed by atoms with Gasteiger partial charge in [0.05, 0.1) is 13.0 Å². The predicted octanol–water partition coefficient (Wildman–Crippen LogP) is 1.33. The number of hydrogen-bond donors (Lipinski definition) is 3. The van der Waals surface area contributed by atoms with Gasteiger partial charge >= 0.3 is 12.0 Å². The van der Waals surface area contributed by atoms with E-state index in [0.29, 0.717) is 23.0 Å². The highest BCUT2D eigenvalue weighted by atomic mass is 16.5. The summed E-state index contributed by atoms with van der Waals surface area (Å²) in [7, 11) is 0. The second kappa shape index (κ2) is 6.51. The van der Waals surface area contributed by atoms with Crippen LogP contribution in [-0.4, -0.2) is 27.2 Å². The first kappa shape index (κ1) is 14.5. The van der Waals surface area contributed by atoms with Crippen LogP contribution in [0.25, 0.3) is 0 Å². The summed E-state index contributed by atoms with van der Waals surface area (Å²) in [5, 5.41) is 17.4. The summed E-state index contributed by atoms with van der Waals surface area (Å²) in [5.41, 5.74) is 1.22. The molecule has 1 heterocycles. The van der Waals surface area contributed by atoms with Gasteiger partial charge in [-0.15, -0.1) is 0 Å². The van der Waals surface area contributed by atoms with Gasteiger partial charge in [0.25, 0.3) is 0 Å². The summed E-state index contributed by atoms with van der Waals surface area (Å²) in [6.45, 7) is 1.82. The van der Waals surface area contributed by atoms with Crippen molar-refractivity contribution in [2.45, 2.75) is 19.9 Å². The number of aryl methyl sites for hydroxylation is 1. The molecule has 0 unspecified atom stereocenters. The molecule has 3 N–H and O–H groups in total. The van der Waals surface area contributed by atoms with E-state index in [4.69, 9.17) is 9.63 Å². The lowest BCUT2D eigenvalue weighted by Crippen LogP contribution is -2.28. The maximum absolute atomic E-state index is 11.6. The third-order valence-corrected chi connectivity index (χ3v) is 2.54. The van der Waals surface area contributed by atoms with E-state index in [1.807, 2.05) is 0 Å². The zero-order valence-corrected chi connectivity index (χ0v) is 11.3. The number of aromatic nitrogens is 2. The number of carboxylic acids is 1. The highest BCUT2D eigenvalue weighted by molar-refractivity contribution is 5.89. The van der Waals surface area contributed by atoms with E-state index in [9.17, 15) is 9.59 Å². The van der Waals surface area contributed by atoms with Gasteiger partial charge < -0.3 is 20.3 Å². The van der Waals surface area contributed by atoms with Crippen LogP contribution in [0, 0.1) is 6.92 Å². The number of benzene rings is 1. The van der Waals surface area contributed by atoms with E-state index in [1.165, 1.54) is 0 Å². The van der Waals surface area contributed by atoms with Crippen LogP contribution in [0.2, 0.25) is 0 Å². The summed E-state index contributed by atoms with van der Waals surface area (Å²) < 4.78 is 4.86. The minimum Gasteiger partial charge on any atom is -0.481 e. The molecular formula is C13H14N4O4. The number of amides is 2. The van der Waals surface area contributed by atoms with Crippen LogP contribution < -0.4 is 10.6 Å². The van der Waals surface area contributed by atoms with Crippen molar-refractivity contribution in [2.24, 2.45) is 0 Å². The van der Waals surface area contributed by atoms with Crippen LogP contribution in [-0.2, 0) is 17.8 Å². The monoisotopic (exact) mass is 290 g/mol. The Hall–Kier alpha value is -2.90. The van der Waals surface area contributed by atoms with Gasteiger partial charge in [-0.25, -0.2) is 4.79 Å². The maximum atomic E-state index is 11.6. The molecule has 21 heavy (non-hydrogen) atoms. The van der Waals surface area contributed by atoms with E-state index in [0.717, 1.165) is 0 Å². The van der Waals surface area contributed by atoms with Crippen LogP contribution in [0.15, 0.2) is 28.8 Å². The zero-order valence-electron chi connectivity index (χ0n) is 11.3. The molecule has 8 nitrogen and oxygen atoms in total. The molecule has 0 aliphatic heterocycles. The molecule has 0 atom stereocenters. The summed E-state index contributed by atoms with van der Waals surface area (Å²) in [6, 6.07) is 6.14. The highest BCUT2D eigenvalue weighted by Crippen LogP contribution is 2.10. The molecule has 0 aliphatic carbocycles. The number of aliphatic carboxylic acids is 1. The lowest BCUT2D eigenvalue weighted by molar-refractivity contribution is -0.136. The number of anilines is 1. The molecule has 1 aromatic heterocycles. The second-order valence-electron chi connectivity index (χ2n) is 4.31. The molecule has 0 fully saturated rings. The normalized spacial score (nSPS) is 10.1. The Labute approximate surface area is 120 Å². The van der Waals surface area contributed by atoms with Crippen molar-refractivity contribution in [2.75, 3.05) is 5.32 Å². The van der Waals surface area contributed by atoms with Crippen LogP contribution in [0.1, 0.15) is 17.3 Å². The zero-order chi connectivity index (χ0) is 15.2. The van der Waals surface area contributed by atoms with E-state index in [2.05, 4.69) is 20.8 Å². The van der Waals surface area contributed by atoms with Gasteiger partial charge in [-0.05, 0) is 24.6 Å². The van der Waals surface area contributed by atoms with E-state index >= 15 is 0 Å². The van der Waals surface area contributed by atoms with Crippen molar-refractivity contribution in [3.05, 3.63) is 41.5 Å². The van der Waals surface area contributed by atoms with Crippen molar-refractivity contribution in [3.8, 4) is 0 Å². The summed E-state index contributed by atoms with van der Waals surface area (Å²) in [4.78, 5) is 26.2. The maximum Gasteiger partial charge on any atom is 0.319 e. The average Bonchev–Trinajstić information content (AvgIpc) is 2.84. The number of rotatable bonds is 5. The lowest BCUT2D eigenvalue weighted by Gasteiger charge is -2.06. The number of carbonyl (C=O) groups excluding carboxylic acids is 1. The molecule has 8 heteroatoms. The fourth-order valence-electron chi connectivity index (χ4n) is 1.62. The summed E-state index contributed by atoms with van der Waals surface area (Å²) in [5.74, 6) is -0.0796. The lowest BCUT2D eigenvalue weighted by atomic mass is 10.1. The van der Waals surface area contributed by atoms with Gasteiger partial charge in [0.1, 0.15) is 0 Å².